The average molecular weight is 273 g/mol. The predicted molar refractivity (Wildman–Crippen MR) is 73.7 cm³/mol. The molecule has 0 saturated carbocycles. The van der Waals surface area contributed by atoms with Crippen LogP contribution in [0, 0.1) is 11.3 Å². The molecule has 0 aliphatic rings. The van der Waals surface area contributed by atoms with E-state index in [9.17, 15) is 19.8 Å². The molecule has 0 bridgehead atoms. The summed E-state index contributed by atoms with van der Waals surface area (Å²) in [5.41, 5.74) is -2.06. The molecule has 0 aromatic heterocycles. The van der Waals surface area contributed by atoms with Crippen LogP contribution in [0.1, 0.15) is 48.0 Å². The summed E-state index contributed by atoms with van der Waals surface area (Å²) in [6.45, 7) is 10.9. The van der Waals surface area contributed by atoms with Gasteiger partial charge in [0.25, 0.3) is 0 Å². The SMILES string of the molecule is CCN(CC(C)(C)O)C(=O)CC(C)(C(=O)O)C(C)C. The lowest BCUT2D eigenvalue weighted by atomic mass is 9.76. The first-order chi connectivity index (χ1) is 8.44. The summed E-state index contributed by atoms with van der Waals surface area (Å²) >= 11 is 0. The van der Waals surface area contributed by atoms with E-state index < -0.39 is 17.0 Å². The van der Waals surface area contributed by atoms with Gasteiger partial charge < -0.3 is 15.1 Å². The van der Waals surface area contributed by atoms with Crippen LogP contribution in [0.15, 0.2) is 0 Å². The van der Waals surface area contributed by atoms with Gasteiger partial charge in [-0.25, -0.2) is 0 Å². The van der Waals surface area contributed by atoms with Crippen LogP contribution in [0.5, 0.6) is 0 Å². The van der Waals surface area contributed by atoms with Gasteiger partial charge in [0.15, 0.2) is 0 Å². The van der Waals surface area contributed by atoms with Crippen molar-refractivity contribution in [3.63, 3.8) is 0 Å². The molecule has 2 N–H and O–H groups in total. The monoisotopic (exact) mass is 273 g/mol. The van der Waals surface area contributed by atoms with Gasteiger partial charge in [0, 0.05) is 19.5 Å². The van der Waals surface area contributed by atoms with Crippen molar-refractivity contribution in [3.05, 3.63) is 0 Å². The standard InChI is InChI=1S/C14H27NO4/c1-7-15(9-13(4,5)19)11(16)8-14(6,10(2)3)12(17)18/h10,19H,7-9H2,1-6H3,(H,17,18). The molecule has 0 rings (SSSR count). The molecule has 0 aromatic carbocycles. The number of carbonyl (C=O) groups is 2. The van der Waals surface area contributed by atoms with Crippen LogP contribution in [-0.4, -0.2) is 45.7 Å². The maximum Gasteiger partial charge on any atom is 0.310 e. The third kappa shape index (κ3) is 5.19. The summed E-state index contributed by atoms with van der Waals surface area (Å²) in [5, 5.41) is 19.1. The Kier molecular flexibility index (Phi) is 6.00. The first-order valence-corrected chi connectivity index (χ1v) is 6.67. The van der Waals surface area contributed by atoms with Crippen molar-refractivity contribution in [1.82, 2.24) is 4.90 Å². The van der Waals surface area contributed by atoms with E-state index in [1.54, 1.807) is 34.6 Å². The molecule has 19 heavy (non-hydrogen) atoms. The summed E-state index contributed by atoms with van der Waals surface area (Å²) in [6, 6.07) is 0. The van der Waals surface area contributed by atoms with Crippen LogP contribution < -0.4 is 0 Å². The van der Waals surface area contributed by atoms with Gasteiger partial charge in [-0.05, 0) is 33.6 Å². The van der Waals surface area contributed by atoms with Gasteiger partial charge in [-0.1, -0.05) is 13.8 Å². The molecule has 5 nitrogen and oxygen atoms in total. The highest BCUT2D eigenvalue weighted by Crippen LogP contribution is 2.32. The molecule has 0 aliphatic carbocycles. The summed E-state index contributed by atoms with van der Waals surface area (Å²) in [7, 11) is 0. The van der Waals surface area contributed by atoms with Gasteiger partial charge in [0.1, 0.15) is 0 Å². The Morgan fingerprint density at radius 3 is 1.95 bits per heavy atom. The number of aliphatic carboxylic acids is 1. The Bertz CT molecular complexity index is 333. The van der Waals surface area contributed by atoms with E-state index in [-0.39, 0.29) is 24.8 Å². The van der Waals surface area contributed by atoms with E-state index >= 15 is 0 Å². The minimum Gasteiger partial charge on any atom is -0.481 e. The van der Waals surface area contributed by atoms with Gasteiger partial charge in [-0.15, -0.1) is 0 Å². The summed E-state index contributed by atoms with van der Waals surface area (Å²) < 4.78 is 0. The molecule has 0 heterocycles. The molecule has 1 amide bonds. The number of amides is 1. The van der Waals surface area contributed by atoms with Crippen LogP contribution in [0.25, 0.3) is 0 Å². The normalized spacial score (nSPS) is 15.2. The number of carboxylic acids is 1. The second-order valence-corrected chi connectivity index (χ2v) is 6.27. The fourth-order valence-electron chi connectivity index (χ4n) is 1.80. The largest absolute Gasteiger partial charge is 0.481 e. The van der Waals surface area contributed by atoms with Crippen LogP contribution >= 0.6 is 0 Å². The van der Waals surface area contributed by atoms with Gasteiger partial charge >= 0.3 is 5.97 Å². The van der Waals surface area contributed by atoms with Crippen molar-refractivity contribution in [2.24, 2.45) is 11.3 Å². The fraction of sp³-hybridized carbons (Fsp3) is 0.857. The Hall–Kier alpha value is -1.10. The minimum absolute atomic E-state index is 0.0517. The predicted octanol–water partition coefficient (Wildman–Crippen LogP) is 1.74. The molecule has 0 saturated heterocycles. The lowest BCUT2D eigenvalue weighted by Crippen LogP contribution is -2.45. The zero-order valence-electron chi connectivity index (χ0n) is 12.9. The van der Waals surface area contributed by atoms with E-state index in [1.165, 1.54) is 4.90 Å². The zero-order chi connectivity index (χ0) is 15.4. The number of carbonyl (C=O) groups excluding carboxylic acids is 1. The molecule has 0 spiro atoms. The van der Waals surface area contributed by atoms with Crippen LogP contribution in [-0.2, 0) is 9.59 Å². The van der Waals surface area contributed by atoms with E-state index in [4.69, 9.17) is 0 Å². The Labute approximate surface area is 115 Å². The van der Waals surface area contributed by atoms with Gasteiger partial charge in [-0.2, -0.15) is 0 Å². The lowest BCUT2D eigenvalue weighted by Gasteiger charge is -2.33. The van der Waals surface area contributed by atoms with E-state index in [0.29, 0.717) is 6.54 Å². The maximum atomic E-state index is 12.2. The van der Waals surface area contributed by atoms with Crippen molar-refractivity contribution in [2.75, 3.05) is 13.1 Å². The van der Waals surface area contributed by atoms with Crippen LogP contribution in [0.4, 0.5) is 0 Å². The topological polar surface area (TPSA) is 77.8 Å². The molecule has 112 valence electrons. The van der Waals surface area contributed by atoms with Crippen molar-refractivity contribution >= 4 is 11.9 Å². The Morgan fingerprint density at radius 2 is 1.68 bits per heavy atom. The van der Waals surface area contributed by atoms with Gasteiger partial charge in [-0.3, -0.25) is 9.59 Å². The number of carboxylic acid groups (broad SMARTS) is 1. The van der Waals surface area contributed by atoms with Crippen molar-refractivity contribution in [3.8, 4) is 0 Å². The molecular weight excluding hydrogens is 246 g/mol. The lowest BCUT2D eigenvalue weighted by molar-refractivity contribution is -0.156. The number of hydrogen-bond acceptors (Lipinski definition) is 3. The fourth-order valence-corrected chi connectivity index (χ4v) is 1.80. The van der Waals surface area contributed by atoms with E-state index in [2.05, 4.69) is 0 Å². The third-order valence-corrected chi connectivity index (χ3v) is 3.59. The number of hydrogen-bond donors (Lipinski definition) is 2. The molecular formula is C14H27NO4. The molecule has 0 fully saturated rings. The van der Waals surface area contributed by atoms with Crippen LogP contribution in [0.2, 0.25) is 0 Å². The first kappa shape index (κ1) is 17.9. The highest BCUT2D eigenvalue weighted by Gasteiger charge is 2.40. The quantitative estimate of drug-likeness (QED) is 0.740. The Balaban J connectivity index is 4.95. The third-order valence-electron chi connectivity index (χ3n) is 3.59. The second kappa shape index (κ2) is 6.37. The highest BCUT2D eigenvalue weighted by molar-refractivity contribution is 5.85. The summed E-state index contributed by atoms with van der Waals surface area (Å²) in [6.07, 6.45) is -0.0517. The van der Waals surface area contributed by atoms with E-state index in [1.807, 2.05) is 6.92 Å². The second-order valence-electron chi connectivity index (χ2n) is 6.27. The minimum atomic E-state index is -1.08. The molecule has 5 heteroatoms. The summed E-state index contributed by atoms with van der Waals surface area (Å²) in [5.74, 6) is -1.34. The summed E-state index contributed by atoms with van der Waals surface area (Å²) in [4.78, 5) is 25.1. The molecule has 0 radical (unpaired) electrons. The van der Waals surface area contributed by atoms with Gasteiger partial charge in [0.05, 0.1) is 11.0 Å². The number of rotatable bonds is 7. The van der Waals surface area contributed by atoms with Crippen molar-refractivity contribution in [2.45, 2.75) is 53.6 Å². The van der Waals surface area contributed by atoms with Crippen molar-refractivity contribution < 1.29 is 19.8 Å². The van der Waals surface area contributed by atoms with E-state index in [0.717, 1.165) is 0 Å². The molecule has 0 aromatic rings. The average Bonchev–Trinajstić information content (AvgIpc) is 2.23. The maximum absolute atomic E-state index is 12.2. The number of likely N-dealkylation sites (N-methyl/N-ethyl adjacent to an activating group) is 1. The highest BCUT2D eigenvalue weighted by atomic mass is 16.4. The molecule has 1 unspecified atom stereocenters. The van der Waals surface area contributed by atoms with Crippen molar-refractivity contribution in [1.29, 1.82) is 0 Å². The molecule has 0 aliphatic heterocycles. The zero-order valence-corrected chi connectivity index (χ0v) is 12.9. The number of nitrogens with zero attached hydrogens (tertiary/aromatic N) is 1. The number of aliphatic hydroxyl groups is 1. The first-order valence-electron chi connectivity index (χ1n) is 6.67. The smallest absolute Gasteiger partial charge is 0.310 e. The molecule has 1 atom stereocenters. The van der Waals surface area contributed by atoms with Gasteiger partial charge in [0.2, 0.25) is 5.91 Å². The van der Waals surface area contributed by atoms with Crippen LogP contribution in [0.3, 0.4) is 0 Å². The Morgan fingerprint density at radius 1 is 1.21 bits per heavy atom.